The van der Waals surface area contributed by atoms with Crippen molar-refractivity contribution in [2.75, 3.05) is 20.2 Å². The molecule has 0 aliphatic heterocycles. The van der Waals surface area contributed by atoms with E-state index in [1.54, 1.807) is 7.11 Å². The third-order valence-corrected chi connectivity index (χ3v) is 3.26. The van der Waals surface area contributed by atoms with Gasteiger partial charge in [0.15, 0.2) is 0 Å². The minimum atomic E-state index is 0.226. The van der Waals surface area contributed by atoms with Gasteiger partial charge in [0.05, 0.1) is 7.11 Å². The zero-order valence-electron chi connectivity index (χ0n) is 11.1. The Balaban J connectivity index is 2.82. The lowest BCUT2D eigenvalue weighted by Crippen LogP contribution is -2.31. The number of benzene rings is 1. The summed E-state index contributed by atoms with van der Waals surface area (Å²) < 4.78 is 6.51. The average molecular weight is 300 g/mol. The van der Waals surface area contributed by atoms with Gasteiger partial charge < -0.3 is 10.1 Å². The fraction of sp³-hybridized carbons (Fsp3) is 0.571. The van der Waals surface area contributed by atoms with Gasteiger partial charge in [0.2, 0.25) is 0 Å². The largest absolute Gasteiger partial charge is 0.496 e. The van der Waals surface area contributed by atoms with Crippen LogP contribution in [0.2, 0.25) is 0 Å². The fourth-order valence-electron chi connectivity index (χ4n) is 1.93. The molecule has 0 aliphatic rings. The Morgan fingerprint density at radius 1 is 1.35 bits per heavy atom. The summed E-state index contributed by atoms with van der Waals surface area (Å²) in [4.78, 5) is 0. The lowest BCUT2D eigenvalue weighted by Gasteiger charge is -2.26. The second-order valence-electron chi connectivity index (χ2n) is 5.08. The Labute approximate surface area is 113 Å². The smallest absolute Gasteiger partial charge is 0.122 e. The first-order chi connectivity index (χ1) is 7.98. The van der Waals surface area contributed by atoms with E-state index >= 15 is 0 Å². The van der Waals surface area contributed by atoms with E-state index in [9.17, 15) is 0 Å². The molecule has 1 N–H and O–H groups in total. The molecule has 3 heteroatoms. The van der Waals surface area contributed by atoms with Gasteiger partial charge in [-0.15, -0.1) is 0 Å². The number of hydrogen-bond donors (Lipinski definition) is 1. The van der Waals surface area contributed by atoms with Crippen molar-refractivity contribution in [3.8, 4) is 5.75 Å². The van der Waals surface area contributed by atoms with E-state index in [1.165, 1.54) is 5.56 Å². The minimum absolute atomic E-state index is 0.226. The molecule has 0 aromatic heterocycles. The summed E-state index contributed by atoms with van der Waals surface area (Å²) in [6, 6.07) is 6.18. The average Bonchev–Trinajstić information content (AvgIpc) is 2.26. The van der Waals surface area contributed by atoms with Gasteiger partial charge in [0.1, 0.15) is 5.75 Å². The van der Waals surface area contributed by atoms with Crippen molar-refractivity contribution in [1.29, 1.82) is 0 Å². The normalized spacial score (nSPS) is 11.6. The third-order valence-electron chi connectivity index (χ3n) is 2.77. The summed E-state index contributed by atoms with van der Waals surface area (Å²) in [5.74, 6) is 0.970. The van der Waals surface area contributed by atoms with E-state index < -0.39 is 0 Å². The molecule has 0 atom stereocenters. The molecule has 0 spiro atoms. The van der Waals surface area contributed by atoms with E-state index in [0.717, 1.165) is 29.7 Å². The van der Waals surface area contributed by atoms with E-state index in [1.807, 2.05) is 12.1 Å². The van der Waals surface area contributed by atoms with E-state index in [0.29, 0.717) is 0 Å². The molecular weight excluding hydrogens is 278 g/mol. The first kappa shape index (κ1) is 14.5. The van der Waals surface area contributed by atoms with Crippen LogP contribution in [0.4, 0.5) is 0 Å². The van der Waals surface area contributed by atoms with Crippen LogP contribution >= 0.6 is 15.9 Å². The van der Waals surface area contributed by atoms with E-state index in [4.69, 9.17) is 4.74 Å². The van der Waals surface area contributed by atoms with Crippen LogP contribution in [0.15, 0.2) is 22.7 Å². The molecular formula is C14H22BrNO. The summed E-state index contributed by atoms with van der Waals surface area (Å²) in [5, 5.41) is 3.41. The van der Waals surface area contributed by atoms with Crippen LogP contribution in [-0.4, -0.2) is 20.2 Å². The second kappa shape index (κ2) is 6.41. The molecule has 0 amide bonds. The monoisotopic (exact) mass is 299 g/mol. The van der Waals surface area contributed by atoms with Crippen LogP contribution in [0.5, 0.6) is 5.75 Å². The van der Waals surface area contributed by atoms with Crippen molar-refractivity contribution in [1.82, 2.24) is 5.32 Å². The van der Waals surface area contributed by atoms with Crippen molar-refractivity contribution in [2.45, 2.75) is 27.2 Å². The van der Waals surface area contributed by atoms with Crippen molar-refractivity contribution < 1.29 is 4.74 Å². The quantitative estimate of drug-likeness (QED) is 0.866. The van der Waals surface area contributed by atoms with Crippen LogP contribution < -0.4 is 10.1 Å². The number of rotatable bonds is 6. The number of ether oxygens (including phenoxy) is 1. The molecule has 0 saturated carbocycles. The Hall–Kier alpha value is -0.540. The highest BCUT2D eigenvalue weighted by molar-refractivity contribution is 9.10. The first-order valence-corrected chi connectivity index (χ1v) is 6.81. The third kappa shape index (κ3) is 4.68. The number of hydrogen-bond acceptors (Lipinski definition) is 2. The van der Waals surface area contributed by atoms with Crippen molar-refractivity contribution in [3.05, 3.63) is 28.2 Å². The Morgan fingerprint density at radius 2 is 2.06 bits per heavy atom. The standard InChI is InChI=1S/C14H22BrNO/c1-5-16-10-14(2,3)9-11-8-12(15)6-7-13(11)17-4/h6-8,16H,5,9-10H2,1-4H3. The molecule has 0 radical (unpaired) electrons. The lowest BCUT2D eigenvalue weighted by atomic mass is 9.85. The Bertz CT molecular complexity index is 363. The molecule has 2 nitrogen and oxygen atoms in total. The molecule has 0 saturated heterocycles. The molecule has 1 aromatic carbocycles. The predicted molar refractivity (Wildman–Crippen MR) is 76.7 cm³/mol. The van der Waals surface area contributed by atoms with Gasteiger partial charge in [-0.1, -0.05) is 36.7 Å². The number of nitrogens with one attached hydrogen (secondary N) is 1. The molecule has 17 heavy (non-hydrogen) atoms. The van der Waals surface area contributed by atoms with Crippen molar-refractivity contribution in [2.24, 2.45) is 5.41 Å². The van der Waals surface area contributed by atoms with Gasteiger partial charge in [0, 0.05) is 11.0 Å². The highest BCUT2D eigenvalue weighted by Crippen LogP contribution is 2.29. The maximum Gasteiger partial charge on any atom is 0.122 e. The van der Waals surface area contributed by atoms with Gasteiger partial charge >= 0.3 is 0 Å². The minimum Gasteiger partial charge on any atom is -0.496 e. The second-order valence-corrected chi connectivity index (χ2v) is 5.99. The zero-order valence-corrected chi connectivity index (χ0v) is 12.7. The number of methoxy groups -OCH3 is 1. The molecule has 1 rings (SSSR count). The number of halogens is 1. The molecule has 0 bridgehead atoms. The van der Waals surface area contributed by atoms with Crippen LogP contribution in [0.1, 0.15) is 26.3 Å². The summed E-state index contributed by atoms with van der Waals surface area (Å²) in [7, 11) is 1.73. The van der Waals surface area contributed by atoms with Crippen LogP contribution in [0.25, 0.3) is 0 Å². The maximum absolute atomic E-state index is 5.41. The van der Waals surface area contributed by atoms with Crippen LogP contribution in [0, 0.1) is 5.41 Å². The molecule has 0 heterocycles. The van der Waals surface area contributed by atoms with E-state index in [-0.39, 0.29) is 5.41 Å². The lowest BCUT2D eigenvalue weighted by molar-refractivity contribution is 0.332. The predicted octanol–water partition coefficient (Wildman–Crippen LogP) is 3.64. The Kier molecular flexibility index (Phi) is 5.47. The molecule has 1 aromatic rings. The fourth-order valence-corrected chi connectivity index (χ4v) is 2.34. The first-order valence-electron chi connectivity index (χ1n) is 6.01. The van der Waals surface area contributed by atoms with Crippen molar-refractivity contribution >= 4 is 15.9 Å². The molecule has 96 valence electrons. The highest BCUT2D eigenvalue weighted by Gasteiger charge is 2.20. The van der Waals surface area contributed by atoms with Gasteiger partial charge in [-0.25, -0.2) is 0 Å². The molecule has 0 fully saturated rings. The SMILES string of the molecule is CCNCC(C)(C)Cc1cc(Br)ccc1OC. The van der Waals surface area contributed by atoms with Crippen molar-refractivity contribution in [3.63, 3.8) is 0 Å². The van der Waals surface area contributed by atoms with Gasteiger partial charge in [-0.05, 0) is 42.1 Å². The summed E-state index contributed by atoms with van der Waals surface area (Å²) in [6.07, 6.45) is 1.00. The topological polar surface area (TPSA) is 21.3 Å². The summed E-state index contributed by atoms with van der Waals surface area (Å²) in [6.45, 7) is 8.71. The zero-order chi connectivity index (χ0) is 12.9. The maximum atomic E-state index is 5.41. The van der Waals surface area contributed by atoms with Gasteiger partial charge in [0.25, 0.3) is 0 Å². The molecule has 0 unspecified atom stereocenters. The Morgan fingerprint density at radius 3 is 2.65 bits per heavy atom. The van der Waals surface area contributed by atoms with Gasteiger partial charge in [-0.3, -0.25) is 0 Å². The van der Waals surface area contributed by atoms with Gasteiger partial charge in [-0.2, -0.15) is 0 Å². The molecule has 0 aliphatic carbocycles. The van der Waals surface area contributed by atoms with Crippen LogP contribution in [-0.2, 0) is 6.42 Å². The summed E-state index contributed by atoms with van der Waals surface area (Å²) >= 11 is 3.51. The summed E-state index contributed by atoms with van der Waals surface area (Å²) in [5.41, 5.74) is 1.48. The van der Waals surface area contributed by atoms with Crippen LogP contribution in [0.3, 0.4) is 0 Å². The highest BCUT2D eigenvalue weighted by atomic mass is 79.9. The van der Waals surface area contributed by atoms with E-state index in [2.05, 4.69) is 48.1 Å².